The van der Waals surface area contributed by atoms with Crippen LogP contribution in [0.5, 0.6) is 0 Å². The van der Waals surface area contributed by atoms with Crippen molar-refractivity contribution in [2.75, 3.05) is 0 Å². The molecule has 0 aliphatic heterocycles. The average molecular weight is 896 g/mol. The molecule has 0 radical (unpaired) electrons. The number of benzene rings is 10. The number of hydrogen-bond acceptors (Lipinski definition) is 5. The lowest BCUT2D eigenvalue weighted by molar-refractivity contribution is 0.666. The molecule has 5 heterocycles. The molecule has 0 aliphatic carbocycles. The third kappa shape index (κ3) is 5.72. The summed E-state index contributed by atoms with van der Waals surface area (Å²) in [5.41, 5.74) is 14.3. The largest absolute Gasteiger partial charge is 0.455 e. The summed E-state index contributed by atoms with van der Waals surface area (Å²) >= 11 is 0. The van der Waals surface area contributed by atoms with Crippen molar-refractivity contribution in [2.45, 2.75) is 0 Å². The zero-order valence-corrected chi connectivity index (χ0v) is 37.4. The maximum atomic E-state index is 6.98. The molecule has 0 N–H and O–H groups in total. The maximum Gasteiger partial charge on any atom is 0.238 e. The molecular formula is C63H37N5O2. The monoisotopic (exact) mass is 895 g/mol. The summed E-state index contributed by atoms with van der Waals surface area (Å²) in [5.74, 6) is 1.57. The van der Waals surface area contributed by atoms with Gasteiger partial charge in [0.1, 0.15) is 16.7 Å². The van der Waals surface area contributed by atoms with Gasteiger partial charge in [0.25, 0.3) is 0 Å². The lowest BCUT2D eigenvalue weighted by Gasteiger charge is -2.15. The van der Waals surface area contributed by atoms with Crippen LogP contribution >= 0.6 is 0 Å². The van der Waals surface area contributed by atoms with Crippen LogP contribution in [-0.2, 0) is 0 Å². The number of aromatic nitrogens is 5. The van der Waals surface area contributed by atoms with E-state index < -0.39 is 0 Å². The second kappa shape index (κ2) is 15.0. The highest BCUT2D eigenvalue weighted by atomic mass is 16.3. The Bertz CT molecular complexity index is 4580. The Balaban J connectivity index is 1.06. The zero-order valence-electron chi connectivity index (χ0n) is 37.4. The summed E-state index contributed by atoms with van der Waals surface area (Å²) in [4.78, 5) is 16.1. The quantitative estimate of drug-likeness (QED) is 0.166. The highest BCUT2D eigenvalue weighted by Crippen LogP contribution is 2.45. The first-order valence-electron chi connectivity index (χ1n) is 23.5. The first kappa shape index (κ1) is 38.5. The minimum absolute atomic E-state index is 0.494. The van der Waals surface area contributed by atoms with E-state index in [0.29, 0.717) is 17.6 Å². The van der Waals surface area contributed by atoms with Crippen LogP contribution in [0, 0.1) is 0 Å². The van der Waals surface area contributed by atoms with Gasteiger partial charge < -0.3 is 13.4 Å². The molecule has 10 aromatic carbocycles. The molecule has 0 unspecified atom stereocenters. The topological polar surface area (TPSA) is 74.8 Å². The van der Waals surface area contributed by atoms with E-state index in [2.05, 4.69) is 173 Å². The highest BCUT2D eigenvalue weighted by molar-refractivity contribution is 6.24. The van der Waals surface area contributed by atoms with E-state index in [1.54, 1.807) is 0 Å². The van der Waals surface area contributed by atoms with Gasteiger partial charge in [-0.25, -0.2) is 4.98 Å². The standard InChI is InChI=1S/C63H37N5O2/c1-3-16-38(17-4-1)39-30-32-40(33-31-39)42-36-51-46-23-10-14-29-56(46)70-60(51)54(37-42)67-52-26-11-7-20-43(52)47-34-35-48-44-21-8-12-27-53(44)68(58(48)57(47)67)63-65-61(41-18-5-2-6-19-41)64-62(66-63)50-25-15-24-49-45-22-9-13-28-55(45)69-59(49)50/h1-37H. The molecule has 0 fully saturated rings. The molecule has 0 bridgehead atoms. The van der Waals surface area contributed by atoms with Crippen molar-refractivity contribution in [1.29, 1.82) is 0 Å². The number of rotatable bonds is 6. The normalized spacial score (nSPS) is 12.0. The van der Waals surface area contributed by atoms with Crippen molar-refractivity contribution in [1.82, 2.24) is 24.1 Å². The Morgan fingerprint density at radius 3 is 1.49 bits per heavy atom. The molecular weight excluding hydrogens is 859 g/mol. The van der Waals surface area contributed by atoms with E-state index in [-0.39, 0.29) is 0 Å². The van der Waals surface area contributed by atoms with Crippen molar-refractivity contribution in [3.63, 3.8) is 0 Å². The molecule has 0 saturated heterocycles. The van der Waals surface area contributed by atoms with Gasteiger partial charge in [-0.2, -0.15) is 9.97 Å². The fourth-order valence-corrected chi connectivity index (χ4v) is 10.8. The van der Waals surface area contributed by atoms with E-state index in [0.717, 1.165) is 115 Å². The van der Waals surface area contributed by atoms with Crippen LogP contribution in [0.15, 0.2) is 233 Å². The lowest BCUT2D eigenvalue weighted by atomic mass is 9.98. The molecule has 7 heteroatoms. The van der Waals surface area contributed by atoms with Crippen molar-refractivity contribution >= 4 is 87.5 Å². The molecule has 5 aromatic heterocycles. The Kier molecular flexibility index (Phi) is 8.23. The molecule has 7 nitrogen and oxygen atoms in total. The summed E-state index contributed by atoms with van der Waals surface area (Å²) in [6.07, 6.45) is 0. The van der Waals surface area contributed by atoms with E-state index in [1.165, 1.54) is 11.1 Å². The van der Waals surface area contributed by atoms with Gasteiger partial charge in [-0.3, -0.25) is 4.57 Å². The van der Waals surface area contributed by atoms with Crippen LogP contribution in [-0.4, -0.2) is 24.1 Å². The van der Waals surface area contributed by atoms with Gasteiger partial charge in [0.15, 0.2) is 17.2 Å². The number of para-hydroxylation sites is 5. The minimum Gasteiger partial charge on any atom is -0.455 e. The van der Waals surface area contributed by atoms with Crippen LogP contribution in [0.25, 0.3) is 144 Å². The molecule has 0 aliphatic rings. The van der Waals surface area contributed by atoms with Gasteiger partial charge in [0, 0.05) is 48.7 Å². The smallest absolute Gasteiger partial charge is 0.238 e. The van der Waals surface area contributed by atoms with E-state index in [1.807, 2.05) is 60.7 Å². The number of hydrogen-bond donors (Lipinski definition) is 0. The van der Waals surface area contributed by atoms with Gasteiger partial charge in [-0.1, -0.05) is 182 Å². The molecule has 0 spiro atoms. The first-order valence-corrected chi connectivity index (χ1v) is 23.5. The second-order valence-electron chi connectivity index (χ2n) is 17.9. The first-order chi connectivity index (χ1) is 34.7. The predicted molar refractivity (Wildman–Crippen MR) is 285 cm³/mol. The average Bonchev–Trinajstić information content (AvgIpc) is 4.19. The lowest BCUT2D eigenvalue weighted by Crippen LogP contribution is -2.07. The summed E-state index contributed by atoms with van der Waals surface area (Å²) in [6.45, 7) is 0. The third-order valence-corrected chi connectivity index (χ3v) is 14.0. The summed E-state index contributed by atoms with van der Waals surface area (Å²) in [5, 5.41) is 8.53. The van der Waals surface area contributed by atoms with Crippen molar-refractivity contribution in [3.05, 3.63) is 224 Å². The minimum atomic E-state index is 0.494. The Morgan fingerprint density at radius 2 is 0.800 bits per heavy atom. The summed E-state index contributed by atoms with van der Waals surface area (Å²) in [7, 11) is 0. The Labute approximate surface area is 399 Å². The van der Waals surface area contributed by atoms with Crippen LogP contribution in [0.2, 0.25) is 0 Å². The predicted octanol–water partition coefficient (Wildman–Crippen LogP) is 16.5. The van der Waals surface area contributed by atoms with E-state index >= 15 is 0 Å². The van der Waals surface area contributed by atoms with E-state index in [9.17, 15) is 0 Å². The third-order valence-electron chi connectivity index (χ3n) is 14.0. The second-order valence-corrected chi connectivity index (χ2v) is 17.9. The fraction of sp³-hybridized carbons (Fsp3) is 0. The molecule has 0 saturated carbocycles. The van der Waals surface area contributed by atoms with Crippen LogP contribution in [0.3, 0.4) is 0 Å². The number of furan rings is 2. The van der Waals surface area contributed by atoms with Crippen LogP contribution in [0.1, 0.15) is 0 Å². The van der Waals surface area contributed by atoms with E-state index in [4.69, 9.17) is 23.8 Å². The van der Waals surface area contributed by atoms with Crippen molar-refractivity contribution in [3.8, 4) is 56.7 Å². The number of fused-ring (bicyclic) bond motifs is 13. The molecule has 15 aromatic rings. The Morgan fingerprint density at radius 1 is 0.300 bits per heavy atom. The number of nitrogens with zero attached hydrogens (tertiary/aromatic N) is 5. The van der Waals surface area contributed by atoms with Gasteiger partial charge in [0.2, 0.25) is 5.95 Å². The molecule has 15 rings (SSSR count). The maximum absolute atomic E-state index is 6.98. The Hall–Kier alpha value is -9.59. The molecule has 0 amide bonds. The van der Waals surface area contributed by atoms with Crippen molar-refractivity contribution < 1.29 is 8.83 Å². The highest BCUT2D eigenvalue weighted by Gasteiger charge is 2.26. The SMILES string of the molecule is c1ccc(-c2ccc(-c3cc(-n4c5ccccc5c5ccc6c7ccccc7n(-c7nc(-c8ccccc8)nc(-c8cccc9c8oc8ccccc89)n7)c6c54)c4oc5ccccc5c4c3)cc2)cc1. The molecule has 70 heavy (non-hydrogen) atoms. The molecule has 0 atom stereocenters. The van der Waals surface area contributed by atoms with Crippen LogP contribution < -0.4 is 0 Å². The zero-order chi connectivity index (χ0) is 45.9. The van der Waals surface area contributed by atoms with Crippen LogP contribution in [0.4, 0.5) is 0 Å². The van der Waals surface area contributed by atoms with Gasteiger partial charge >= 0.3 is 0 Å². The fourth-order valence-electron chi connectivity index (χ4n) is 10.8. The van der Waals surface area contributed by atoms with Crippen molar-refractivity contribution in [2.24, 2.45) is 0 Å². The van der Waals surface area contributed by atoms with Gasteiger partial charge in [-0.15, -0.1) is 0 Å². The summed E-state index contributed by atoms with van der Waals surface area (Å²) < 4.78 is 18.2. The summed E-state index contributed by atoms with van der Waals surface area (Å²) in [6, 6.07) is 78.6. The van der Waals surface area contributed by atoms with Gasteiger partial charge in [-0.05, 0) is 64.7 Å². The van der Waals surface area contributed by atoms with Gasteiger partial charge in [0.05, 0.1) is 33.3 Å². The molecule has 326 valence electrons.